The molecule has 0 N–H and O–H groups in total. The third-order valence-electron chi connectivity index (χ3n) is 10.6. The molecule has 0 heterocycles. The summed E-state index contributed by atoms with van der Waals surface area (Å²) in [7, 11) is 0. The highest BCUT2D eigenvalue weighted by Crippen LogP contribution is 2.87. The van der Waals surface area contributed by atoms with E-state index in [4.69, 9.17) is 0 Å². The van der Waals surface area contributed by atoms with Crippen LogP contribution in [0.25, 0.3) is 0 Å². The van der Waals surface area contributed by atoms with E-state index in [1.807, 2.05) is 0 Å². The molecule has 0 aromatic rings. The number of rotatable bonds is 2. The van der Waals surface area contributed by atoms with Gasteiger partial charge in [0.15, 0.2) is 0 Å². The first-order valence-corrected chi connectivity index (χ1v) is 9.99. The average molecular weight is 292 g/mol. The van der Waals surface area contributed by atoms with Crippen LogP contribution in [0.1, 0.15) is 44.9 Å². The minimum Gasteiger partial charge on any atom is -0.0988 e. The topological polar surface area (TPSA) is 0 Å². The molecule has 6 unspecified atom stereocenters. The van der Waals surface area contributed by atoms with Crippen LogP contribution in [0.3, 0.4) is 0 Å². The lowest BCUT2D eigenvalue weighted by molar-refractivity contribution is -0.358. The Balaban J connectivity index is 1.49. The fraction of sp³-hybridized carbons (Fsp3) is 0.818. The summed E-state index contributed by atoms with van der Waals surface area (Å²) >= 11 is 0. The molecule has 116 valence electrons. The molecular formula is C22H28. The zero-order valence-electron chi connectivity index (χ0n) is 13.6. The van der Waals surface area contributed by atoms with E-state index in [9.17, 15) is 0 Å². The molecule has 6 atom stereocenters. The zero-order chi connectivity index (χ0) is 14.4. The minimum absolute atomic E-state index is 0.485. The average Bonchev–Trinajstić information content (AvgIpc) is 2.52. The van der Waals surface area contributed by atoms with Crippen LogP contribution < -0.4 is 0 Å². The van der Waals surface area contributed by atoms with E-state index in [0.717, 1.165) is 52.8 Å². The first-order chi connectivity index (χ1) is 10.7. The molecule has 0 amide bonds. The summed E-state index contributed by atoms with van der Waals surface area (Å²) in [5.74, 6) is 10.2. The third kappa shape index (κ3) is 0.932. The van der Waals surface area contributed by atoms with Crippen molar-refractivity contribution >= 4 is 0 Å². The van der Waals surface area contributed by atoms with Gasteiger partial charge in [-0.2, -0.15) is 0 Å². The van der Waals surface area contributed by atoms with Gasteiger partial charge in [-0.15, -0.1) is 0 Å². The first-order valence-electron chi connectivity index (χ1n) is 9.99. The van der Waals surface area contributed by atoms with Crippen molar-refractivity contribution in [2.45, 2.75) is 44.9 Å². The van der Waals surface area contributed by atoms with E-state index in [-0.39, 0.29) is 0 Å². The fourth-order valence-corrected chi connectivity index (χ4v) is 11.0. The molecule has 0 heteroatoms. The van der Waals surface area contributed by atoms with Crippen molar-refractivity contribution in [2.24, 2.45) is 64.1 Å². The van der Waals surface area contributed by atoms with Gasteiger partial charge in [0.25, 0.3) is 0 Å². The maximum atomic E-state index is 4.51. The molecule has 10 saturated carbocycles. The maximum absolute atomic E-state index is 4.51. The highest BCUT2D eigenvalue weighted by Gasteiger charge is 2.80. The summed E-state index contributed by atoms with van der Waals surface area (Å²) in [6.45, 7) is 8.63. The van der Waals surface area contributed by atoms with Gasteiger partial charge >= 0.3 is 0 Å². The number of hydrogen-bond acceptors (Lipinski definition) is 0. The van der Waals surface area contributed by atoms with Crippen LogP contribution in [0.5, 0.6) is 0 Å². The van der Waals surface area contributed by atoms with Gasteiger partial charge in [0.1, 0.15) is 0 Å². The molecule has 0 saturated heterocycles. The Hall–Kier alpha value is -0.520. The second-order valence-corrected chi connectivity index (χ2v) is 10.6. The van der Waals surface area contributed by atoms with Crippen LogP contribution in [0.15, 0.2) is 24.8 Å². The van der Waals surface area contributed by atoms with Gasteiger partial charge in [0.05, 0.1) is 0 Å². The van der Waals surface area contributed by atoms with Gasteiger partial charge in [-0.1, -0.05) is 19.2 Å². The van der Waals surface area contributed by atoms with Gasteiger partial charge in [0, 0.05) is 0 Å². The van der Waals surface area contributed by atoms with E-state index < -0.39 is 0 Å². The van der Waals surface area contributed by atoms with Crippen LogP contribution in [0.4, 0.5) is 0 Å². The van der Waals surface area contributed by atoms with E-state index in [1.54, 1.807) is 25.7 Å². The lowest BCUT2D eigenvalue weighted by Crippen LogP contribution is -2.78. The van der Waals surface area contributed by atoms with Crippen molar-refractivity contribution in [1.29, 1.82) is 0 Å². The second-order valence-electron chi connectivity index (χ2n) is 10.6. The van der Waals surface area contributed by atoms with Gasteiger partial charge in [-0.05, 0) is 115 Å². The molecule has 1 spiro atoms. The molecule has 10 aliphatic carbocycles. The van der Waals surface area contributed by atoms with Gasteiger partial charge in [-0.3, -0.25) is 0 Å². The highest BCUT2D eigenvalue weighted by atomic mass is 14.8. The monoisotopic (exact) mass is 292 g/mol. The predicted molar refractivity (Wildman–Crippen MR) is 87.9 cm³/mol. The molecule has 0 radical (unpaired) electrons. The summed E-state index contributed by atoms with van der Waals surface area (Å²) in [4.78, 5) is 0. The maximum Gasteiger partial charge on any atom is -0.00419 e. The Bertz CT molecular complexity index is 594. The summed E-state index contributed by atoms with van der Waals surface area (Å²) in [5, 5.41) is 0. The fourth-order valence-electron chi connectivity index (χ4n) is 11.0. The summed E-state index contributed by atoms with van der Waals surface area (Å²) in [6.07, 6.45) is 13.2. The van der Waals surface area contributed by atoms with Crippen molar-refractivity contribution in [3.8, 4) is 0 Å². The smallest absolute Gasteiger partial charge is 0.00419 e. The van der Waals surface area contributed by atoms with Crippen molar-refractivity contribution < 1.29 is 0 Å². The quantitative estimate of drug-likeness (QED) is 0.623. The Morgan fingerprint density at radius 3 is 2.09 bits per heavy atom. The minimum atomic E-state index is 0.485. The molecule has 10 aliphatic rings. The highest BCUT2D eigenvalue weighted by molar-refractivity contribution is 5.35. The Morgan fingerprint density at radius 1 is 0.818 bits per heavy atom. The van der Waals surface area contributed by atoms with Crippen molar-refractivity contribution in [2.75, 3.05) is 0 Å². The van der Waals surface area contributed by atoms with Crippen LogP contribution in [0.2, 0.25) is 0 Å². The standard InChI is InChI=1S/C22H28/c1-3-11(2)21-8-17-14-6-13-15-4-12-5-16(13)20(18(14)9-21)22(7-12,10-21)19(15)17/h3,12-20H,1-2,4-10H2. The Morgan fingerprint density at radius 2 is 1.45 bits per heavy atom. The number of hydrogen-bond donors (Lipinski definition) is 0. The van der Waals surface area contributed by atoms with Gasteiger partial charge in [0.2, 0.25) is 0 Å². The van der Waals surface area contributed by atoms with Gasteiger partial charge < -0.3 is 0 Å². The molecule has 11 bridgehead atoms. The number of allylic oxidation sites excluding steroid dienone is 2. The van der Waals surface area contributed by atoms with Crippen LogP contribution >= 0.6 is 0 Å². The van der Waals surface area contributed by atoms with Crippen LogP contribution in [-0.4, -0.2) is 0 Å². The lowest BCUT2D eigenvalue weighted by Gasteiger charge is -2.85. The molecule has 10 rings (SSSR count). The van der Waals surface area contributed by atoms with Crippen molar-refractivity contribution in [3.05, 3.63) is 24.8 Å². The second kappa shape index (κ2) is 3.17. The van der Waals surface area contributed by atoms with E-state index >= 15 is 0 Å². The molecule has 0 aromatic carbocycles. The largest absolute Gasteiger partial charge is 0.0988 e. The van der Waals surface area contributed by atoms with Gasteiger partial charge in [-0.25, -0.2) is 0 Å². The molecule has 10 fully saturated rings. The van der Waals surface area contributed by atoms with Crippen LogP contribution in [0, 0.1) is 64.1 Å². The summed E-state index contributed by atoms with van der Waals surface area (Å²) < 4.78 is 0. The summed E-state index contributed by atoms with van der Waals surface area (Å²) in [6, 6.07) is 0. The third-order valence-corrected chi connectivity index (χ3v) is 10.6. The van der Waals surface area contributed by atoms with E-state index in [1.165, 1.54) is 30.8 Å². The molecular weight excluding hydrogens is 264 g/mol. The predicted octanol–water partition coefficient (Wildman–Crippen LogP) is 5.07. The molecule has 0 aliphatic heterocycles. The normalized spacial score (nSPS) is 70.6. The van der Waals surface area contributed by atoms with E-state index in [2.05, 4.69) is 19.2 Å². The van der Waals surface area contributed by atoms with Crippen molar-refractivity contribution in [3.63, 3.8) is 0 Å². The van der Waals surface area contributed by atoms with Crippen LogP contribution in [-0.2, 0) is 0 Å². The zero-order valence-corrected chi connectivity index (χ0v) is 13.6. The Labute approximate surface area is 134 Å². The molecule has 0 nitrogen and oxygen atoms in total. The Kier molecular flexibility index (Phi) is 1.72. The SMILES string of the molecule is C=CC(=C)C12CC3C4CC5C6CC7CC5C(C4C1)C(C7)(C2)C63. The molecule has 22 heavy (non-hydrogen) atoms. The lowest BCUT2D eigenvalue weighted by atomic mass is 9.20. The summed E-state index contributed by atoms with van der Waals surface area (Å²) in [5.41, 5.74) is 2.69. The first kappa shape index (κ1) is 11.9. The van der Waals surface area contributed by atoms with E-state index in [0.29, 0.717) is 5.41 Å². The molecule has 0 aromatic heterocycles. The van der Waals surface area contributed by atoms with Crippen molar-refractivity contribution in [1.82, 2.24) is 0 Å².